The zero-order chi connectivity index (χ0) is 16.8. The molecule has 0 saturated heterocycles. The Balaban J connectivity index is 3.63. The van der Waals surface area contributed by atoms with Crippen molar-refractivity contribution in [2.24, 2.45) is 15.8 Å². The van der Waals surface area contributed by atoms with E-state index in [4.69, 9.17) is 0 Å². The van der Waals surface area contributed by atoms with Crippen LogP contribution in [0.15, 0.2) is 28.3 Å². The monoisotopic (exact) mass is 307 g/mol. The van der Waals surface area contributed by atoms with Crippen LogP contribution in [0.3, 0.4) is 0 Å². The van der Waals surface area contributed by atoms with Crippen LogP contribution in [0.1, 0.15) is 26.7 Å². The standard InChI is InChI=1S/C16H13N5S/c1-12(2)3-4-13-5-6-15(7-17,8-18)16(9-19,10-20)14(13)21-11-22/h3,5,14H,4,6H2,1-2H3. The lowest BCUT2D eigenvalue weighted by Gasteiger charge is -2.39. The average Bonchev–Trinajstić information content (AvgIpc) is 2.53. The van der Waals surface area contributed by atoms with Crippen LogP contribution >= 0.6 is 12.2 Å². The first-order valence-corrected chi connectivity index (χ1v) is 6.92. The topological polar surface area (TPSA) is 108 Å². The van der Waals surface area contributed by atoms with Gasteiger partial charge in [0.15, 0.2) is 5.41 Å². The van der Waals surface area contributed by atoms with Crippen LogP contribution in [0.2, 0.25) is 0 Å². The molecule has 1 aliphatic rings. The van der Waals surface area contributed by atoms with E-state index in [2.05, 4.69) is 22.4 Å². The van der Waals surface area contributed by atoms with Gasteiger partial charge in [-0.1, -0.05) is 17.7 Å². The summed E-state index contributed by atoms with van der Waals surface area (Å²) < 4.78 is 0. The van der Waals surface area contributed by atoms with Crippen LogP contribution in [0.25, 0.3) is 0 Å². The van der Waals surface area contributed by atoms with Gasteiger partial charge in [0.1, 0.15) is 6.04 Å². The molecule has 1 atom stereocenters. The maximum Gasteiger partial charge on any atom is 0.202 e. The van der Waals surface area contributed by atoms with Gasteiger partial charge in [-0.05, 0) is 38.1 Å². The van der Waals surface area contributed by atoms with Crippen molar-refractivity contribution in [3.05, 3.63) is 23.3 Å². The van der Waals surface area contributed by atoms with E-state index >= 15 is 0 Å². The van der Waals surface area contributed by atoms with Crippen molar-refractivity contribution in [3.8, 4) is 24.3 Å². The number of allylic oxidation sites excluding steroid dienone is 3. The van der Waals surface area contributed by atoms with E-state index in [1.54, 1.807) is 6.08 Å². The Hall–Kier alpha value is -2.76. The minimum atomic E-state index is -1.90. The molecule has 0 spiro atoms. The van der Waals surface area contributed by atoms with Gasteiger partial charge in [-0.3, -0.25) is 0 Å². The molecule has 0 saturated carbocycles. The van der Waals surface area contributed by atoms with Crippen LogP contribution in [0.5, 0.6) is 0 Å². The lowest BCUT2D eigenvalue weighted by atomic mass is 9.56. The molecule has 1 aliphatic carbocycles. The molecule has 0 N–H and O–H groups in total. The van der Waals surface area contributed by atoms with Gasteiger partial charge >= 0.3 is 0 Å². The van der Waals surface area contributed by atoms with Gasteiger partial charge in [-0.2, -0.15) is 21.0 Å². The van der Waals surface area contributed by atoms with Crippen LogP contribution in [-0.4, -0.2) is 11.2 Å². The molecular weight excluding hydrogens is 294 g/mol. The number of thiocarbonyl (C=S) groups is 1. The normalized spacial score (nSPS) is 20.6. The molecule has 0 amide bonds. The summed E-state index contributed by atoms with van der Waals surface area (Å²) in [6.07, 6.45) is 4.13. The zero-order valence-electron chi connectivity index (χ0n) is 12.3. The van der Waals surface area contributed by atoms with E-state index in [0.29, 0.717) is 12.0 Å². The molecule has 1 rings (SSSR count). The van der Waals surface area contributed by atoms with Gasteiger partial charge in [-0.25, -0.2) is 4.99 Å². The number of hydrogen-bond acceptors (Lipinski definition) is 6. The molecule has 108 valence electrons. The lowest BCUT2D eigenvalue weighted by molar-refractivity contribution is 0.250. The molecule has 0 fully saturated rings. The Kier molecular flexibility index (Phi) is 5.34. The first-order valence-electron chi connectivity index (χ1n) is 6.51. The van der Waals surface area contributed by atoms with Crippen LogP contribution in [-0.2, 0) is 0 Å². The van der Waals surface area contributed by atoms with Crippen molar-refractivity contribution in [1.29, 1.82) is 21.0 Å². The van der Waals surface area contributed by atoms with Crippen molar-refractivity contribution in [2.75, 3.05) is 0 Å². The highest BCUT2D eigenvalue weighted by atomic mass is 32.1. The van der Waals surface area contributed by atoms with Gasteiger partial charge < -0.3 is 0 Å². The molecule has 22 heavy (non-hydrogen) atoms. The maximum absolute atomic E-state index is 9.59. The quantitative estimate of drug-likeness (QED) is 0.452. The Labute approximate surface area is 135 Å². The predicted molar refractivity (Wildman–Crippen MR) is 82.9 cm³/mol. The number of hydrogen-bond donors (Lipinski definition) is 0. The molecule has 0 heterocycles. The second-order valence-electron chi connectivity index (χ2n) is 5.25. The highest BCUT2D eigenvalue weighted by molar-refractivity contribution is 7.78. The maximum atomic E-state index is 9.59. The molecule has 0 bridgehead atoms. The molecular formula is C16H13N5S. The largest absolute Gasteiger partial charge is 0.222 e. The summed E-state index contributed by atoms with van der Waals surface area (Å²) in [5.74, 6) is 0. The minimum Gasteiger partial charge on any atom is -0.222 e. The van der Waals surface area contributed by atoms with Crippen LogP contribution in [0.4, 0.5) is 0 Å². The Morgan fingerprint density at radius 1 is 1.27 bits per heavy atom. The average molecular weight is 307 g/mol. The Bertz CT molecular complexity index is 709. The second kappa shape index (κ2) is 6.80. The fraction of sp³-hybridized carbons (Fsp3) is 0.438. The highest BCUT2D eigenvalue weighted by Gasteiger charge is 2.61. The molecule has 0 aliphatic heterocycles. The van der Waals surface area contributed by atoms with Gasteiger partial charge in [-0.15, -0.1) is 0 Å². The fourth-order valence-corrected chi connectivity index (χ4v) is 2.55. The Morgan fingerprint density at radius 2 is 1.86 bits per heavy atom. The highest BCUT2D eigenvalue weighted by Crippen LogP contribution is 2.51. The molecule has 0 radical (unpaired) electrons. The summed E-state index contributed by atoms with van der Waals surface area (Å²) >= 11 is 4.62. The lowest BCUT2D eigenvalue weighted by Crippen LogP contribution is -2.49. The summed E-state index contributed by atoms with van der Waals surface area (Å²) in [5, 5.41) is 40.2. The zero-order valence-corrected chi connectivity index (χ0v) is 13.1. The number of isothiocyanates is 1. The van der Waals surface area contributed by atoms with Crippen molar-refractivity contribution in [2.45, 2.75) is 32.7 Å². The number of rotatable bonds is 3. The van der Waals surface area contributed by atoms with Crippen molar-refractivity contribution < 1.29 is 0 Å². The Morgan fingerprint density at radius 3 is 2.27 bits per heavy atom. The van der Waals surface area contributed by atoms with Crippen LogP contribution < -0.4 is 0 Å². The van der Waals surface area contributed by atoms with E-state index in [1.807, 2.05) is 44.2 Å². The first kappa shape index (κ1) is 17.3. The second-order valence-corrected chi connectivity index (χ2v) is 5.43. The molecule has 1 unspecified atom stereocenters. The van der Waals surface area contributed by atoms with E-state index in [-0.39, 0.29) is 6.42 Å². The third-order valence-electron chi connectivity index (χ3n) is 3.77. The van der Waals surface area contributed by atoms with Crippen molar-refractivity contribution in [3.63, 3.8) is 0 Å². The number of nitriles is 4. The van der Waals surface area contributed by atoms with E-state index in [9.17, 15) is 21.0 Å². The predicted octanol–water partition coefficient (Wildman–Crippen LogP) is 3.21. The summed E-state index contributed by atoms with van der Waals surface area (Å²) in [7, 11) is 0. The SMILES string of the molecule is CC(C)=CCC1=CCC(C#N)(C#N)C(C#N)(C#N)C1N=C=S. The fourth-order valence-electron chi connectivity index (χ4n) is 2.45. The first-order chi connectivity index (χ1) is 10.5. The van der Waals surface area contributed by atoms with E-state index < -0.39 is 16.9 Å². The van der Waals surface area contributed by atoms with Crippen molar-refractivity contribution >= 4 is 17.4 Å². The molecule has 0 aromatic heterocycles. The van der Waals surface area contributed by atoms with E-state index in [1.165, 1.54) is 0 Å². The van der Waals surface area contributed by atoms with Crippen LogP contribution in [0, 0.1) is 56.2 Å². The molecule has 0 aromatic rings. The summed E-state index contributed by atoms with van der Waals surface area (Å²) in [6.45, 7) is 3.86. The minimum absolute atomic E-state index is 0.0104. The van der Waals surface area contributed by atoms with Crippen molar-refractivity contribution in [1.82, 2.24) is 0 Å². The van der Waals surface area contributed by atoms with Gasteiger partial charge in [0.2, 0.25) is 5.41 Å². The third kappa shape index (κ3) is 2.55. The smallest absolute Gasteiger partial charge is 0.202 e. The third-order valence-corrected chi connectivity index (χ3v) is 3.87. The van der Waals surface area contributed by atoms with Gasteiger partial charge in [0.25, 0.3) is 0 Å². The molecule has 6 heteroatoms. The molecule has 0 aromatic carbocycles. The summed E-state index contributed by atoms with van der Waals surface area (Å²) in [4.78, 5) is 3.95. The number of nitrogens with zero attached hydrogens (tertiary/aromatic N) is 5. The number of aliphatic imine (C=N–C) groups is 1. The summed E-state index contributed by atoms with van der Waals surface area (Å²) in [6, 6.07) is 6.45. The van der Waals surface area contributed by atoms with Gasteiger partial charge in [0, 0.05) is 6.42 Å². The van der Waals surface area contributed by atoms with Gasteiger partial charge in [0.05, 0.1) is 29.4 Å². The molecule has 5 nitrogen and oxygen atoms in total. The summed E-state index contributed by atoms with van der Waals surface area (Å²) in [5.41, 5.74) is -1.90. The van der Waals surface area contributed by atoms with E-state index in [0.717, 1.165) is 5.57 Å².